The molecular weight excluding hydrogens is 397 g/mol. The maximum Gasteiger partial charge on any atom is 0.419 e. The number of anilines is 1. The van der Waals surface area contributed by atoms with E-state index in [0.29, 0.717) is 31.9 Å². The van der Waals surface area contributed by atoms with Crippen molar-refractivity contribution in [1.29, 1.82) is 0 Å². The van der Waals surface area contributed by atoms with E-state index in [1.807, 2.05) is 0 Å². The molecule has 0 bridgehead atoms. The molecular formula is C16H21F3N6O4. The van der Waals surface area contributed by atoms with Crippen molar-refractivity contribution in [3.63, 3.8) is 0 Å². The number of ether oxygens (including phenoxy) is 1. The van der Waals surface area contributed by atoms with Crippen LogP contribution in [-0.2, 0) is 20.5 Å². The van der Waals surface area contributed by atoms with Gasteiger partial charge in [0.05, 0.1) is 24.9 Å². The van der Waals surface area contributed by atoms with Gasteiger partial charge in [0.25, 0.3) is 0 Å². The van der Waals surface area contributed by atoms with E-state index in [1.165, 1.54) is 16.0 Å². The van der Waals surface area contributed by atoms with Crippen LogP contribution in [0.25, 0.3) is 0 Å². The third-order valence-electron chi connectivity index (χ3n) is 3.99. The van der Waals surface area contributed by atoms with Crippen LogP contribution in [0.4, 0.5) is 23.9 Å². The average Bonchev–Trinajstić information content (AvgIpc) is 2.67. The fourth-order valence-corrected chi connectivity index (χ4v) is 2.43. The van der Waals surface area contributed by atoms with Gasteiger partial charge < -0.3 is 25.1 Å². The summed E-state index contributed by atoms with van der Waals surface area (Å²) >= 11 is 0. The first-order valence-corrected chi connectivity index (χ1v) is 8.74. The Kier molecular flexibility index (Phi) is 7.56. The third kappa shape index (κ3) is 6.76. The van der Waals surface area contributed by atoms with E-state index >= 15 is 0 Å². The summed E-state index contributed by atoms with van der Waals surface area (Å²) in [5.41, 5.74) is 3.97. The first kappa shape index (κ1) is 22.2. The van der Waals surface area contributed by atoms with Crippen molar-refractivity contribution >= 4 is 24.2 Å². The van der Waals surface area contributed by atoms with Crippen LogP contribution in [0.5, 0.6) is 0 Å². The number of aromatic nitrogens is 2. The van der Waals surface area contributed by atoms with Crippen molar-refractivity contribution in [2.24, 2.45) is 10.9 Å². The van der Waals surface area contributed by atoms with Crippen LogP contribution >= 0.6 is 0 Å². The van der Waals surface area contributed by atoms with Gasteiger partial charge in [0, 0.05) is 25.5 Å². The minimum absolute atomic E-state index is 0.0566. The Morgan fingerprint density at radius 1 is 1.38 bits per heavy atom. The molecule has 1 atom stereocenters. The summed E-state index contributed by atoms with van der Waals surface area (Å²) in [6.07, 6.45) is -2.87. The predicted molar refractivity (Wildman–Crippen MR) is 95.0 cm³/mol. The number of hydrogen-bond donors (Lipinski definition) is 1. The fraction of sp³-hybridized carbons (Fsp3) is 0.562. The molecule has 13 heteroatoms. The largest absolute Gasteiger partial charge is 0.440 e. The zero-order valence-corrected chi connectivity index (χ0v) is 15.6. The monoisotopic (exact) mass is 418 g/mol. The van der Waals surface area contributed by atoms with Crippen LogP contribution in [0, 0.1) is 0 Å². The molecule has 160 valence electrons. The summed E-state index contributed by atoms with van der Waals surface area (Å²) in [4.78, 5) is 38.4. The zero-order valence-electron chi connectivity index (χ0n) is 15.6. The minimum Gasteiger partial charge on any atom is -0.440 e. The molecule has 1 aromatic heterocycles. The normalized spacial score (nSPS) is 16.2. The van der Waals surface area contributed by atoms with Gasteiger partial charge in [-0.2, -0.15) is 13.2 Å². The van der Waals surface area contributed by atoms with Gasteiger partial charge in [-0.15, -0.1) is 0 Å². The van der Waals surface area contributed by atoms with Gasteiger partial charge in [-0.05, 0) is 6.42 Å². The number of primary amides is 1. The summed E-state index contributed by atoms with van der Waals surface area (Å²) in [6.45, 7) is 2.80. The van der Waals surface area contributed by atoms with E-state index in [0.717, 1.165) is 0 Å². The number of halogens is 3. The van der Waals surface area contributed by atoms with Crippen molar-refractivity contribution in [1.82, 2.24) is 14.9 Å². The Balaban J connectivity index is 1.77. The Morgan fingerprint density at radius 2 is 2.07 bits per heavy atom. The number of nitrogens with zero attached hydrogens (tertiary/aromatic N) is 5. The van der Waals surface area contributed by atoms with Crippen molar-refractivity contribution in [3.8, 4) is 0 Å². The zero-order chi connectivity index (χ0) is 21.4. The first-order chi connectivity index (χ1) is 13.7. The van der Waals surface area contributed by atoms with Gasteiger partial charge in [0.2, 0.25) is 11.9 Å². The van der Waals surface area contributed by atoms with E-state index in [1.54, 1.807) is 6.92 Å². The van der Waals surface area contributed by atoms with Crippen LogP contribution in [0.1, 0.15) is 18.9 Å². The summed E-state index contributed by atoms with van der Waals surface area (Å²) in [6, 6.07) is 0. The van der Waals surface area contributed by atoms with Crippen LogP contribution < -0.4 is 10.6 Å². The number of amides is 2. The molecule has 2 heterocycles. The second-order valence-electron chi connectivity index (χ2n) is 6.04. The number of piperazine rings is 1. The Morgan fingerprint density at radius 3 is 2.62 bits per heavy atom. The van der Waals surface area contributed by atoms with Gasteiger partial charge in [-0.3, -0.25) is 4.79 Å². The fourth-order valence-electron chi connectivity index (χ4n) is 2.43. The molecule has 1 fully saturated rings. The number of nitrogens with two attached hydrogens (primary N) is 1. The third-order valence-corrected chi connectivity index (χ3v) is 3.99. The number of oxime groups is 1. The molecule has 1 unspecified atom stereocenters. The molecule has 0 spiro atoms. The highest BCUT2D eigenvalue weighted by Crippen LogP contribution is 2.28. The second-order valence-corrected chi connectivity index (χ2v) is 6.04. The van der Waals surface area contributed by atoms with Crippen LogP contribution in [0.2, 0.25) is 0 Å². The van der Waals surface area contributed by atoms with Crippen molar-refractivity contribution in [3.05, 3.63) is 18.0 Å². The quantitative estimate of drug-likeness (QED) is 0.380. The van der Waals surface area contributed by atoms with E-state index in [-0.39, 0.29) is 31.6 Å². The van der Waals surface area contributed by atoms with Gasteiger partial charge in [0.15, 0.2) is 0 Å². The molecule has 0 aromatic carbocycles. The van der Waals surface area contributed by atoms with Crippen molar-refractivity contribution < 1.29 is 32.3 Å². The van der Waals surface area contributed by atoms with Gasteiger partial charge >= 0.3 is 12.3 Å². The molecule has 1 aliphatic rings. The lowest BCUT2D eigenvalue weighted by atomic mass is 10.3. The Bertz CT molecular complexity index is 728. The summed E-state index contributed by atoms with van der Waals surface area (Å²) in [5, 5.41) is 3.68. The molecule has 1 aliphatic heterocycles. The maximum absolute atomic E-state index is 12.6. The Labute approximate surface area is 164 Å². The molecule has 29 heavy (non-hydrogen) atoms. The van der Waals surface area contributed by atoms with E-state index in [9.17, 15) is 22.8 Å². The van der Waals surface area contributed by atoms with Crippen LogP contribution in [0.15, 0.2) is 17.5 Å². The topological polar surface area (TPSA) is 123 Å². The van der Waals surface area contributed by atoms with Gasteiger partial charge in [-0.1, -0.05) is 12.1 Å². The summed E-state index contributed by atoms with van der Waals surface area (Å²) < 4.78 is 42.5. The highest BCUT2D eigenvalue weighted by atomic mass is 19.4. The molecule has 0 aliphatic carbocycles. The van der Waals surface area contributed by atoms with E-state index in [2.05, 4.69) is 15.1 Å². The lowest BCUT2D eigenvalue weighted by Gasteiger charge is -2.34. The first-order valence-electron chi connectivity index (χ1n) is 8.74. The molecule has 2 rings (SSSR count). The summed E-state index contributed by atoms with van der Waals surface area (Å²) in [5.74, 6) is -0.178. The minimum atomic E-state index is -4.52. The lowest BCUT2D eigenvalue weighted by Crippen LogP contribution is -2.51. The number of carbonyl (C=O) groups is 2. The van der Waals surface area contributed by atoms with E-state index in [4.69, 9.17) is 15.3 Å². The predicted octanol–water partition coefficient (Wildman–Crippen LogP) is 1.02. The van der Waals surface area contributed by atoms with Crippen molar-refractivity contribution in [2.45, 2.75) is 25.6 Å². The highest BCUT2D eigenvalue weighted by molar-refractivity contribution is 5.82. The van der Waals surface area contributed by atoms with Crippen LogP contribution in [0.3, 0.4) is 0 Å². The lowest BCUT2D eigenvalue weighted by molar-refractivity contribution is -0.138. The Hall–Kier alpha value is -3.12. The second kappa shape index (κ2) is 9.89. The van der Waals surface area contributed by atoms with E-state index < -0.39 is 23.9 Å². The molecule has 1 saturated heterocycles. The van der Waals surface area contributed by atoms with Gasteiger partial charge in [0.1, 0.15) is 12.7 Å². The standard InChI is InChI=1S/C16H21F3N6O4/c1-2-12(29-14(20)27)9-23-28-6-5-24-3-4-25(10-13(24)26)15-21-7-11(8-22-15)16(17,18)19/h7-9,12H,2-6,10H2,1H3,(H2,20,27). The molecule has 1 aromatic rings. The SMILES string of the molecule is CCC(C=NOCCN1CCN(c2ncc(C(F)(F)F)cn2)CC1=O)OC(N)=O. The van der Waals surface area contributed by atoms with Crippen LogP contribution in [-0.4, -0.2) is 72.0 Å². The molecule has 0 saturated carbocycles. The molecule has 2 N–H and O–H groups in total. The molecule has 0 radical (unpaired) electrons. The number of alkyl halides is 3. The molecule has 10 nitrogen and oxygen atoms in total. The smallest absolute Gasteiger partial charge is 0.419 e. The number of hydrogen-bond acceptors (Lipinski definition) is 8. The summed E-state index contributed by atoms with van der Waals surface area (Å²) in [7, 11) is 0. The number of rotatable bonds is 8. The average molecular weight is 418 g/mol. The number of carbonyl (C=O) groups excluding carboxylic acids is 2. The highest BCUT2D eigenvalue weighted by Gasteiger charge is 2.32. The van der Waals surface area contributed by atoms with Crippen molar-refractivity contribution in [2.75, 3.05) is 37.7 Å². The van der Waals surface area contributed by atoms with Gasteiger partial charge in [-0.25, -0.2) is 14.8 Å². The molecule has 2 amide bonds. The maximum atomic E-state index is 12.6.